The van der Waals surface area contributed by atoms with E-state index in [4.69, 9.17) is 19.4 Å². The van der Waals surface area contributed by atoms with E-state index in [0.717, 1.165) is 105 Å². The number of para-hydroxylation sites is 4. The van der Waals surface area contributed by atoms with Crippen LogP contribution >= 0.6 is 0 Å². The molecular formula is C61H37N5O. The van der Waals surface area contributed by atoms with Crippen molar-refractivity contribution in [1.82, 2.24) is 24.1 Å². The third kappa shape index (κ3) is 5.86. The molecule has 0 aliphatic heterocycles. The third-order valence-electron chi connectivity index (χ3n) is 13.4. The van der Waals surface area contributed by atoms with Crippen molar-refractivity contribution in [3.63, 3.8) is 0 Å². The van der Waals surface area contributed by atoms with Gasteiger partial charge in [-0.1, -0.05) is 152 Å². The minimum absolute atomic E-state index is 0.563. The average molecular weight is 856 g/mol. The van der Waals surface area contributed by atoms with E-state index in [1.54, 1.807) is 0 Å². The van der Waals surface area contributed by atoms with Crippen LogP contribution in [0.3, 0.4) is 0 Å². The molecule has 6 heteroatoms. The van der Waals surface area contributed by atoms with Crippen LogP contribution in [-0.4, -0.2) is 24.1 Å². The Kier molecular flexibility index (Phi) is 8.18. The first kappa shape index (κ1) is 37.3. The maximum Gasteiger partial charge on any atom is 0.166 e. The lowest BCUT2D eigenvalue weighted by Crippen LogP contribution is -2.04. The number of rotatable bonds is 6. The summed E-state index contributed by atoms with van der Waals surface area (Å²) < 4.78 is 11.4. The third-order valence-corrected chi connectivity index (χ3v) is 13.4. The van der Waals surface area contributed by atoms with Gasteiger partial charge in [-0.05, 0) is 94.7 Å². The lowest BCUT2D eigenvalue weighted by atomic mass is 10.0. The van der Waals surface area contributed by atoms with Gasteiger partial charge in [0.15, 0.2) is 17.5 Å². The van der Waals surface area contributed by atoms with Gasteiger partial charge in [-0.2, -0.15) is 0 Å². The van der Waals surface area contributed by atoms with Gasteiger partial charge in [0.2, 0.25) is 0 Å². The molecule has 0 aliphatic carbocycles. The Morgan fingerprint density at radius 3 is 1.61 bits per heavy atom. The van der Waals surface area contributed by atoms with Crippen LogP contribution in [-0.2, 0) is 0 Å². The molecule has 0 amide bonds. The molecule has 0 saturated carbocycles. The summed E-state index contributed by atoms with van der Waals surface area (Å²) in [7, 11) is 0. The van der Waals surface area contributed by atoms with E-state index >= 15 is 0 Å². The van der Waals surface area contributed by atoms with Crippen molar-refractivity contribution in [2.75, 3.05) is 0 Å². The van der Waals surface area contributed by atoms with Crippen molar-refractivity contribution in [3.8, 4) is 56.7 Å². The standard InChI is InChI=1S/C61H37N5O/c1-3-15-38(16-4-1)39-27-29-40(30-28-39)59-62-60(43-31-33-53-49(36-43)45-21-9-12-24-51(45)65(53)44-19-5-2-6-20-44)64-61(63-59)48-32-34-56-57(47-23-11-14-26-55(47)67-56)58(48)66-52-25-13-10-22-46(52)50-35-41-17-7-8-18-42(41)37-54(50)66/h1-37H. The van der Waals surface area contributed by atoms with Crippen molar-refractivity contribution in [1.29, 1.82) is 0 Å². The summed E-state index contributed by atoms with van der Waals surface area (Å²) in [6.45, 7) is 0. The van der Waals surface area contributed by atoms with Crippen molar-refractivity contribution < 1.29 is 4.42 Å². The van der Waals surface area contributed by atoms with E-state index < -0.39 is 0 Å². The molecule has 4 heterocycles. The molecule has 312 valence electrons. The molecule has 4 aromatic heterocycles. The maximum atomic E-state index is 6.65. The van der Waals surface area contributed by atoms with Gasteiger partial charge in [-0.3, -0.25) is 0 Å². The zero-order valence-corrected chi connectivity index (χ0v) is 36.0. The highest BCUT2D eigenvalue weighted by Gasteiger charge is 2.25. The highest BCUT2D eigenvalue weighted by Crippen LogP contribution is 2.44. The first-order chi connectivity index (χ1) is 33.2. The van der Waals surface area contributed by atoms with Crippen LogP contribution in [0.4, 0.5) is 0 Å². The smallest absolute Gasteiger partial charge is 0.166 e. The Morgan fingerprint density at radius 2 is 0.851 bits per heavy atom. The van der Waals surface area contributed by atoms with Gasteiger partial charge >= 0.3 is 0 Å². The molecule has 0 radical (unpaired) electrons. The zero-order chi connectivity index (χ0) is 44.0. The molecule has 0 N–H and O–H groups in total. The van der Waals surface area contributed by atoms with Gasteiger partial charge in [0.25, 0.3) is 0 Å². The minimum atomic E-state index is 0.563. The van der Waals surface area contributed by atoms with Crippen LogP contribution < -0.4 is 0 Å². The molecule has 0 unspecified atom stereocenters. The Bertz CT molecular complexity index is 4260. The molecule has 0 saturated heterocycles. The SMILES string of the molecule is c1ccc(-c2ccc(-c3nc(-c4ccc5c(c4)c4ccccc4n5-c4ccccc4)nc(-c4ccc5oc6ccccc6c5c4-n4c5ccccc5c5cc6ccccc6cc54)n3)cc2)cc1. The van der Waals surface area contributed by atoms with Gasteiger partial charge in [-0.25, -0.2) is 15.0 Å². The molecule has 10 aromatic carbocycles. The van der Waals surface area contributed by atoms with Crippen LogP contribution in [0.5, 0.6) is 0 Å². The number of nitrogens with zero attached hydrogens (tertiary/aromatic N) is 5. The Hall–Kier alpha value is -9.13. The summed E-state index contributed by atoms with van der Waals surface area (Å²) in [5, 5.41) is 8.99. The molecule has 14 aromatic rings. The minimum Gasteiger partial charge on any atom is -0.456 e. The van der Waals surface area contributed by atoms with Gasteiger partial charge in [0, 0.05) is 49.3 Å². The zero-order valence-electron chi connectivity index (χ0n) is 36.0. The molecule has 0 fully saturated rings. The second kappa shape index (κ2) is 14.7. The first-order valence-corrected chi connectivity index (χ1v) is 22.6. The molecule has 6 nitrogen and oxygen atoms in total. The fourth-order valence-corrected chi connectivity index (χ4v) is 10.3. The Balaban J connectivity index is 1.06. The predicted molar refractivity (Wildman–Crippen MR) is 275 cm³/mol. The van der Waals surface area contributed by atoms with Crippen LogP contribution in [0.1, 0.15) is 0 Å². The first-order valence-electron chi connectivity index (χ1n) is 22.6. The van der Waals surface area contributed by atoms with Gasteiger partial charge < -0.3 is 13.6 Å². The topological polar surface area (TPSA) is 61.7 Å². The molecule has 0 aliphatic rings. The van der Waals surface area contributed by atoms with Crippen molar-refractivity contribution in [2.24, 2.45) is 0 Å². The van der Waals surface area contributed by atoms with Gasteiger partial charge in [0.1, 0.15) is 11.2 Å². The fourth-order valence-electron chi connectivity index (χ4n) is 10.3. The number of hydrogen-bond acceptors (Lipinski definition) is 4. The van der Waals surface area contributed by atoms with Crippen LogP contribution in [0.2, 0.25) is 0 Å². The predicted octanol–water partition coefficient (Wildman–Crippen LogP) is 15.8. The second-order valence-corrected chi connectivity index (χ2v) is 17.2. The van der Waals surface area contributed by atoms with Crippen LogP contribution in [0.25, 0.3) is 133 Å². The number of furan rings is 1. The quantitative estimate of drug-likeness (QED) is 0.167. The highest BCUT2D eigenvalue weighted by molar-refractivity contribution is 6.18. The number of aromatic nitrogens is 5. The molecule has 14 rings (SSSR count). The van der Waals surface area contributed by atoms with Crippen LogP contribution in [0.15, 0.2) is 229 Å². The monoisotopic (exact) mass is 855 g/mol. The molecule has 67 heavy (non-hydrogen) atoms. The summed E-state index contributed by atoms with van der Waals surface area (Å²) in [6.07, 6.45) is 0. The molecule has 0 atom stereocenters. The number of fused-ring (bicyclic) bond motifs is 10. The highest BCUT2D eigenvalue weighted by atomic mass is 16.3. The normalized spacial score (nSPS) is 11.9. The summed E-state index contributed by atoms with van der Waals surface area (Å²) >= 11 is 0. The molecule has 0 spiro atoms. The van der Waals surface area contributed by atoms with Crippen molar-refractivity contribution in [3.05, 3.63) is 224 Å². The summed E-state index contributed by atoms with van der Waals surface area (Å²) in [5.41, 5.74) is 13.0. The summed E-state index contributed by atoms with van der Waals surface area (Å²) in [6, 6.07) is 79.1. The average Bonchev–Trinajstić information content (AvgIpc) is 4.05. The fraction of sp³-hybridized carbons (Fsp3) is 0. The largest absolute Gasteiger partial charge is 0.456 e. The van der Waals surface area contributed by atoms with E-state index in [2.05, 4.69) is 215 Å². The number of hydrogen-bond donors (Lipinski definition) is 0. The van der Waals surface area contributed by atoms with Gasteiger partial charge in [-0.15, -0.1) is 0 Å². The molecule has 0 bridgehead atoms. The van der Waals surface area contributed by atoms with E-state index in [9.17, 15) is 0 Å². The van der Waals surface area contributed by atoms with Crippen LogP contribution in [0, 0.1) is 0 Å². The van der Waals surface area contributed by atoms with Gasteiger partial charge in [0.05, 0.1) is 33.1 Å². The lowest BCUT2D eigenvalue weighted by Gasteiger charge is -2.16. The number of benzene rings is 10. The molecular weight excluding hydrogens is 819 g/mol. The van der Waals surface area contributed by atoms with E-state index in [-0.39, 0.29) is 0 Å². The van der Waals surface area contributed by atoms with E-state index in [1.165, 1.54) is 10.8 Å². The van der Waals surface area contributed by atoms with E-state index in [0.29, 0.717) is 17.5 Å². The maximum absolute atomic E-state index is 6.65. The van der Waals surface area contributed by atoms with Crippen molar-refractivity contribution >= 4 is 76.3 Å². The Morgan fingerprint density at radius 1 is 0.313 bits per heavy atom. The Labute approximate surface area is 384 Å². The lowest BCUT2D eigenvalue weighted by molar-refractivity contribution is 0.669. The van der Waals surface area contributed by atoms with Crippen molar-refractivity contribution in [2.45, 2.75) is 0 Å². The van der Waals surface area contributed by atoms with E-state index in [1.807, 2.05) is 18.2 Å². The summed E-state index contributed by atoms with van der Waals surface area (Å²) in [4.78, 5) is 16.3. The second-order valence-electron chi connectivity index (χ2n) is 17.2. The summed E-state index contributed by atoms with van der Waals surface area (Å²) in [5.74, 6) is 1.73.